The molecule has 0 fully saturated rings. The molecule has 6 nitrogen and oxygen atoms in total. The van der Waals surface area contributed by atoms with Gasteiger partial charge in [-0.1, -0.05) is 6.07 Å². The van der Waals surface area contributed by atoms with E-state index in [2.05, 4.69) is 25.8 Å². The summed E-state index contributed by atoms with van der Waals surface area (Å²) >= 11 is 0. The van der Waals surface area contributed by atoms with Crippen LogP contribution in [-0.4, -0.2) is 34.2 Å². The second-order valence-corrected chi connectivity index (χ2v) is 5.43. The minimum Gasteiger partial charge on any atom is -0.356 e. The Morgan fingerprint density at radius 1 is 1.12 bits per heavy atom. The Hall–Kier alpha value is -2.30. The number of benzene rings is 1. The lowest BCUT2D eigenvalue weighted by atomic mass is 10.1. The lowest BCUT2D eigenvalue weighted by molar-refractivity contribution is 0.579. The number of halogens is 3. The first kappa shape index (κ1) is 20.0. The van der Waals surface area contributed by atoms with Crippen molar-refractivity contribution in [3.8, 4) is 0 Å². The Labute approximate surface area is 166 Å². The van der Waals surface area contributed by atoms with Crippen LogP contribution in [0, 0.1) is 11.6 Å². The van der Waals surface area contributed by atoms with Crippen LogP contribution in [0.25, 0.3) is 5.65 Å². The molecule has 0 aliphatic heterocycles. The summed E-state index contributed by atoms with van der Waals surface area (Å²) in [5.74, 6) is 0.183. The molecule has 1 aromatic carbocycles. The van der Waals surface area contributed by atoms with Gasteiger partial charge in [-0.15, -0.1) is 34.2 Å². The molecule has 26 heavy (non-hydrogen) atoms. The minimum absolute atomic E-state index is 0. The summed E-state index contributed by atoms with van der Waals surface area (Å²) in [5.41, 5.74) is 1.36. The Balaban J connectivity index is 0.00000243. The first-order valence-corrected chi connectivity index (χ1v) is 7.84. The average molecular weight is 472 g/mol. The first-order valence-electron chi connectivity index (χ1n) is 7.84. The van der Waals surface area contributed by atoms with E-state index in [-0.39, 0.29) is 24.0 Å². The number of nitrogens with one attached hydrogen (secondary N) is 2. The van der Waals surface area contributed by atoms with Crippen LogP contribution >= 0.6 is 24.0 Å². The summed E-state index contributed by atoms with van der Waals surface area (Å²) in [4.78, 5) is 4.12. The summed E-state index contributed by atoms with van der Waals surface area (Å²) in [7, 11) is 1.65. The zero-order chi connectivity index (χ0) is 17.6. The van der Waals surface area contributed by atoms with Crippen molar-refractivity contribution in [1.82, 2.24) is 25.2 Å². The van der Waals surface area contributed by atoms with Gasteiger partial charge in [-0.2, -0.15) is 0 Å². The monoisotopic (exact) mass is 472 g/mol. The average Bonchev–Trinajstić information content (AvgIpc) is 3.00. The number of hydrogen-bond donors (Lipinski definition) is 2. The van der Waals surface area contributed by atoms with Crippen LogP contribution in [0.3, 0.4) is 0 Å². The molecule has 0 aliphatic rings. The molecule has 0 saturated heterocycles. The van der Waals surface area contributed by atoms with Gasteiger partial charge < -0.3 is 10.6 Å². The lowest BCUT2D eigenvalue weighted by Crippen LogP contribution is -2.38. The summed E-state index contributed by atoms with van der Waals surface area (Å²) in [6.07, 6.45) is 2.37. The molecule has 2 heterocycles. The topological polar surface area (TPSA) is 66.6 Å². The summed E-state index contributed by atoms with van der Waals surface area (Å²) in [6.45, 7) is 0.933. The predicted molar refractivity (Wildman–Crippen MR) is 107 cm³/mol. The van der Waals surface area contributed by atoms with Crippen molar-refractivity contribution in [1.29, 1.82) is 0 Å². The van der Waals surface area contributed by atoms with Gasteiger partial charge in [-0.3, -0.25) is 9.39 Å². The Morgan fingerprint density at radius 2 is 1.88 bits per heavy atom. The molecule has 3 rings (SSSR count). The van der Waals surface area contributed by atoms with Crippen LogP contribution in [0.2, 0.25) is 0 Å². The number of guanidine groups is 1. The Bertz CT molecular complexity index is 876. The molecule has 3 aromatic rings. The fourth-order valence-corrected chi connectivity index (χ4v) is 2.48. The Morgan fingerprint density at radius 3 is 2.62 bits per heavy atom. The third-order valence-corrected chi connectivity index (χ3v) is 3.65. The van der Waals surface area contributed by atoms with Crippen LogP contribution in [0.4, 0.5) is 8.78 Å². The van der Waals surface area contributed by atoms with Gasteiger partial charge in [0, 0.05) is 25.9 Å². The van der Waals surface area contributed by atoms with Crippen molar-refractivity contribution in [2.24, 2.45) is 4.99 Å². The van der Waals surface area contributed by atoms with Gasteiger partial charge in [0.2, 0.25) is 0 Å². The van der Waals surface area contributed by atoms with Crippen molar-refractivity contribution in [3.05, 3.63) is 65.6 Å². The highest BCUT2D eigenvalue weighted by Crippen LogP contribution is 2.08. The Kier molecular flexibility index (Phi) is 7.25. The van der Waals surface area contributed by atoms with E-state index in [0.29, 0.717) is 31.0 Å². The number of nitrogens with zero attached hydrogens (tertiary/aromatic N) is 4. The molecule has 0 spiro atoms. The van der Waals surface area contributed by atoms with Crippen molar-refractivity contribution in [3.63, 3.8) is 0 Å². The molecular formula is C17H19F2IN6. The third-order valence-electron chi connectivity index (χ3n) is 3.65. The molecule has 0 amide bonds. The molecule has 0 unspecified atom stereocenters. The maximum atomic E-state index is 13.2. The number of rotatable bonds is 5. The minimum atomic E-state index is -0.573. The molecule has 0 atom stereocenters. The molecule has 2 aromatic heterocycles. The van der Waals surface area contributed by atoms with Gasteiger partial charge >= 0.3 is 0 Å². The van der Waals surface area contributed by atoms with E-state index in [1.807, 2.05) is 28.8 Å². The molecule has 0 radical (unpaired) electrons. The molecular weight excluding hydrogens is 453 g/mol. The third kappa shape index (κ3) is 5.10. The van der Waals surface area contributed by atoms with E-state index in [4.69, 9.17) is 0 Å². The zero-order valence-electron chi connectivity index (χ0n) is 14.1. The quantitative estimate of drug-likeness (QED) is 0.341. The van der Waals surface area contributed by atoms with E-state index in [0.717, 1.165) is 17.5 Å². The van der Waals surface area contributed by atoms with E-state index in [1.165, 1.54) is 12.1 Å². The number of hydrogen-bond acceptors (Lipinski definition) is 3. The van der Waals surface area contributed by atoms with Gasteiger partial charge in [-0.05, 0) is 36.2 Å². The summed E-state index contributed by atoms with van der Waals surface area (Å²) in [6, 6.07) is 9.19. The van der Waals surface area contributed by atoms with Crippen LogP contribution in [0.5, 0.6) is 0 Å². The van der Waals surface area contributed by atoms with E-state index < -0.39 is 11.6 Å². The van der Waals surface area contributed by atoms with Gasteiger partial charge in [0.15, 0.2) is 17.4 Å². The van der Waals surface area contributed by atoms with Crippen molar-refractivity contribution in [2.75, 3.05) is 13.6 Å². The summed E-state index contributed by atoms with van der Waals surface area (Å²) < 4.78 is 28.2. The molecule has 0 saturated carbocycles. The van der Waals surface area contributed by atoms with Crippen LogP contribution in [0.1, 0.15) is 11.4 Å². The lowest BCUT2D eigenvalue weighted by Gasteiger charge is -2.11. The van der Waals surface area contributed by atoms with Crippen molar-refractivity contribution in [2.45, 2.75) is 13.0 Å². The van der Waals surface area contributed by atoms with Crippen LogP contribution in [-0.2, 0) is 13.0 Å². The van der Waals surface area contributed by atoms with Gasteiger partial charge in [-0.25, -0.2) is 8.78 Å². The fourth-order valence-electron chi connectivity index (χ4n) is 2.48. The normalized spacial score (nSPS) is 11.3. The summed E-state index contributed by atoms with van der Waals surface area (Å²) in [5, 5.41) is 14.5. The number of aromatic nitrogens is 3. The van der Waals surface area contributed by atoms with Crippen molar-refractivity contribution < 1.29 is 8.78 Å². The smallest absolute Gasteiger partial charge is 0.191 e. The van der Waals surface area contributed by atoms with Crippen LogP contribution in [0.15, 0.2) is 47.6 Å². The standard InChI is InChI=1S/C17H18F2N6.HI/c1-20-17(21-6-5-12-8-13(18)10-14(19)9-12)22-11-16-24-23-15-4-2-3-7-25(15)16;/h2-4,7-10H,5-6,11H2,1H3,(H2,20,21,22);1H. The second-order valence-electron chi connectivity index (χ2n) is 5.43. The first-order chi connectivity index (χ1) is 12.2. The SMILES string of the molecule is CN=C(NCCc1cc(F)cc(F)c1)NCc1nnc2ccccn12.I. The highest BCUT2D eigenvalue weighted by Gasteiger charge is 2.06. The predicted octanol–water partition coefficient (Wildman–Crippen LogP) is 2.53. The molecule has 0 aliphatic carbocycles. The van der Waals surface area contributed by atoms with Gasteiger partial charge in [0.05, 0.1) is 6.54 Å². The molecule has 0 bridgehead atoms. The maximum absolute atomic E-state index is 13.2. The molecule has 138 valence electrons. The molecule has 9 heteroatoms. The zero-order valence-corrected chi connectivity index (χ0v) is 16.4. The number of fused-ring (bicyclic) bond motifs is 1. The van der Waals surface area contributed by atoms with Gasteiger partial charge in [0.1, 0.15) is 11.6 Å². The van der Waals surface area contributed by atoms with Crippen molar-refractivity contribution >= 4 is 35.6 Å². The number of pyridine rings is 1. The van der Waals surface area contributed by atoms with Crippen LogP contribution < -0.4 is 10.6 Å². The van der Waals surface area contributed by atoms with E-state index in [1.54, 1.807) is 7.05 Å². The highest BCUT2D eigenvalue weighted by atomic mass is 127. The maximum Gasteiger partial charge on any atom is 0.191 e. The van der Waals surface area contributed by atoms with E-state index in [9.17, 15) is 8.78 Å². The number of aliphatic imine (C=N–C) groups is 1. The second kappa shape index (κ2) is 9.41. The van der Waals surface area contributed by atoms with E-state index >= 15 is 0 Å². The largest absolute Gasteiger partial charge is 0.356 e. The molecule has 2 N–H and O–H groups in total. The van der Waals surface area contributed by atoms with Gasteiger partial charge in [0.25, 0.3) is 0 Å². The fraction of sp³-hybridized carbons (Fsp3) is 0.235. The highest BCUT2D eigenvalue weighted by molar-refractivity contribution is 14.0.